The zero-order chi connectivity index (χ0) is 12.4. The molecule has 0 bridgehead atoms. The Bertz CT molecular complexity index is 517. The summed E-state index contributed by atoms with van der Waals surface area (Å²) in [6.45, 7) is 6.24. The van der Waals surface area contributed by atoms with E-state index >= 15 is 0 Å². The maximum Gasteiger partial charge on any atom is 0.211 e. The van der Waals surface area contributed by atoms with Gasteiger partial charge in [0.15, 0.2) is 5.76 Å². The average Bonchev–Trinajstić information content (AvgIpc) is 2.81. The third kappa shape index (κ3) is 2.24. The number of oxazole rings is 1. The third-order valence-electron chi connectivity index (χ3n) is 3.20. The van der Waals surface area contributed by atoms with Gasteiger partial charge >= 0.3 is 0 Å². The van der Waals surface area contributed by atoms with Crippen molar-refractivity contribution in [2.75, 3.05) is 7.05 Å². The first kappa shape index (κ1) is 11.9. The molecular weight excluding hydrogens is 212 g/mol. The van der Waals surface area contributed by atoms with Gasteiger partial charge in [-0.1, -0.05) is 18.2 Å². The number of hydrogen-bond acceptors (Lipinski definition) is 3. The molecule has 0 fully saturated rings. The van der Waals surface area contributed by atoms with E-state index in [1.165, 1.54) is 11.1 Å². The SMILES string of the molecule is CNC(C)c1ncc(-c2cccc(C)c2C)o1. The number of nitrogens with zero attached hydrogens (tertiary/aromatic N) is 1. The molecule has 90 valence electrons. The molecule has 0 amide bonds. The van der Waals surface area contributed by atoms with Crippen molar-refractivity contribution in [1.29, 1.82) is 0 Å². The van der Waals surface area contributed by atoms with Gasteiger partial charge in [-0.15, -0.1) is 0 Å². The van der Waals surface area contributed by atoms with Crippen molar-refractivity contribution in [3.8, 4) is 11.3 Å². The van der Waals surface area contributed by atoms with Gasteiger partial charge in [0.2, 0.25) is 5.89 Å². The fourth-order valence-corrected chi connectivity index (χ4v) is 1.75. The van der Waals surface area contributed by atoms with Crippen molar-refractivity contribution in [3.63, 3.8) is 0 Å². The highest BCUT2D eigenvalue weighted by Gasteiger charge is 2.13. The lowest BCUT2D eigenvalue weighted by molar-refractivity contribution is 0.441. The molecule has 0 spiro atoms. The number of benzene rings is 1. The monoisotopic (exact) mass is 230 g/mol. The van der Waals surface area contributed by atoms with Gasteiger partial charge in [0.25, 0.3) is 0 Å². The maximum absolute atomic E-state index is 5.78. The van der Waals surface area contributed by atoms with E-state index in [-0.39, 0.29) is 6.04 Å². The molecule has 17 heavy (non-hydrogen) atoms. The highest BCUT2D eigenvalue weighted by atomic mass is 16.4. The van der Waals surface area contributed by atoms with Crippen LogP contribution < -0.4 is 5.32 Å². The van der Waals surface area contributed by atoms with Crippen LogP contribution in [0.1, 0.15) is 30.0 Å². The summed E-state index contributed by atoms with van der Waals surface area (Å²) in [6.07, 6.45) is 1.80. The van der Waals surface area contributed by atoms with Crippen molar-refractivity contribution in [2.24, 2.45) is 0 Å². The third-order valence-corrected chi connectivity index (χ3v) is 3.20. The predicted molar refractivity (Wildman–Crippen MR) is 68.9 cm³/mol. The summed E-state index contributed by atoms with van der Waals surface area (Å²) in [5.41, 5.74) is 3.63. The van der Waals surface area contributed by atoms with Crippen molar-refractivity contribution < 1.29 is 4.42 Å². The lowest BCUT2D eigenvalue weighted by Crippen LogP contribution is -2.12. The molecule has 0 aliphatic heterocycles. The quantitative estimate of drug-likeness (QED) is 0.879. The smallest absolute Gasteiger partial charge is 0.211 e. The molecular formula is C14H18N2O. The number of aromatic nitrogens is 1. The summed E-state index contributed by atoms with van der Waals surface area (Å²) in [5.74, 6) is 1.56. The molecule has 0 aliphatic rings. The van der Waals surface area contributed by atoms with Gasteiger partial charge in [-0.05, 0) is 38.9 Å². The van der Waals surface area contributed by atoms with Gasteiger partial charge in [0.1, 0.15) is 0 Å². The minimum absolute atomic E-state index is 0.133. The van der Waals surface area contributed by atoms with Crippen LogP contribution in [-0.2, 0) is 0 Å². The normalized spacial score (nSPS) is 12.7. The lowest BCUT2D eigenvalue weighted by atomic mass is 10.0. The molecule has 1 unspecified atom stereocenters. The molecule has 1 aromatic heterocycles. The Labute approximate surface area is 102 Å². The molecule has 1 N–H and O–H groups in total. The average molecular weight is 230 g/mol. The molecule has 3 nitrogen and oxygen atoms in total. The van der Waals surface area contributed by atoms with E-state index in [9.17, 15) is 0 Å². The second kappa shape index (κ2) is 4.72. The number of nitrogens with one attached hydrogen (secondary N) is 1. The Morgan fingerprint density at radius 3 is 2.76 bits per heavy atom. The zero-order valence-electron chi connectivity index (χ0n) is 10.7. The van der Waals surface area contributed by atoms with Gasteiger partial charge in [-0.3, -0.25) is 0 Å². The van der Waals surface area contributed by atoms with E-state index in [0.29, 0.717) is 0 Å². The highest BCUT2D eigenvalue weighted by Crippen LogP contribution is 2.27. The highest BCUT2D eigenvalue weighted by molar-refractivity contribution is 5.62. The Kier molecular flexibility index (Phi) is 3.29. The van der Waals surface area contributed by atoms with Crippen LogP contribution in [0.5, 0.6) is 0 Å². The summed E-state index contributed by atoms with van der Waals surface area (Å²) < 4.78 is 5.78. The Hall–Kier alpha value is -1.61. The molecule has 0 radical (unpaired) electrons. The van der Waals surface area contributed by atoms with Crippen molar-refractivity contribution in [1.82, 2.24) is 10.3 Å². The van der Waals surface area contributed by atoms with Gasteiger partial charge in [-0.2, -0.15) is 0 Å². The second-order valence-electron chi connectivity index (χ2n) is 4.32. The molecule has 1 aromatic carbocycles. The van der Waals surface area contributed by atoms with E-state index in [1.54, 1.807) is 6.20 Å². The minimum atomic E-state index is 0.133. The summed E-state index contributed by atoms with van der Waals surface area (Å²) in [5, 5.41) is 3.12. The molecule has 2 rings (SSSR count). The van der Waals surface area contributed by atoms with E-state index < -0.39 is 0 Å². The molecule has 2 aromatic rings. The standard InChI is InChI=1S/C14H18N2O/c1-9-6-5-7-12(10(9)2)13-8-16-14(17-13)11(3)15-4/h5-8,11,15H,1-4H3. The van der Waals surface area contributed by atoms with Crippen LogP contribution in [0.4, 0.5) is 0 Å². The largest absolute Gasteiger partial charge is 0.439 e. The van der Waals surface area contributed by atoms with Crippen molar-refractivity contribution in [2.45, 2.75) is 26.8 Å². The van der Waals surface area contributed by atoms with Gasteiger partial charge in [0.05, 0.1) is 12.2 Å². The van der Waals surface area contributed by atoms with E-state index in [4.69, 9.17) is 4.42 Å². The molecule has 0 saturated heterocycles. The fourth-order valence-electron chi connectivity index (χ4n) is 1.75. The topological polar surface area (TPSA) is 38.1 Å². The summed E-state index contributed by atoms with van der Waals surface area (Å²) in [7, 11) is 1.90. The first-order valence-corrected chi connectivity index (χ1v) is 5.83. The molecule has 0 saturated carbocycles. The molecule has 3 heteroatoms. The van der Waals surface area contributed by atoms with Crippen LogP contribution in [0.3, 0.4) is 0 Å². The van der Waals surface area contributed by atoms with Crippen LogP contribution >= 0.6 is 0 Å². The summed E-state index contributed by atoms with van der Waals surface area (Å²) in [4.78, 5) is 4.30. The molecule has 1 atom stereocenters. The Morgan fingerprint density at radius 1 is 1.29 bits per heavy atom. The second-order valence-corrected chi connectivity index (χ2v) is 4.32. The Balaban J connectivity index is 2.40. The van der Waals surface area contributed by atoms with Crippen molar-refractivity contribution >= 4 is 0 Å². The zero-order valence-corrected chi connectivity index (χ0v) is 10.7. The van der Waals surface area contributed by atoms with E-state index in [1.807, 2.05) is 20.0 Å². The summed E-state index contributed by atoms with van der Waals surface area (Å²) >= 11 is 0. The van der Waals surface area contributed by atoms with Gasteiger partial charge in [0, 0.05) is 5.56 Å². The van der Waals surface area contributed by atoms with Crippen LogP contribution in [0.15, 0.2) is 28.8 Å². The fraction of sp³-hybridized carbons (Fsp3) is 0.357. The molecule has 0 aliphatic carbocycles. The van der Waals surface area contributed by atoms with E-state index in [2.05, 4.69) is 36.3 Å². The lowest BCUT2D eigenvalue weighted by Gasteiger charge is -2.06. The van der Waals surface area contributed by atoms with Gasteiger partial charge in [-0.25, -0.2) is 4.98 Å². The Morgan fingerprint density at radius 2 is 2.06 bits per heavy atom. The van der Waals surface area contributed by atoms with Crippen LogP contribution in [0.2, 0.25) is 0 Å². The van der Waals surface area contributed by atoms with Gasteiger partial charge < -0.3 is 9.73 Å². The number of rotatable bonds is 3. The van der Waals surface area contributed by atoms with Crippen molar-refractivity contribution in [3.05, 3.63) is 41.4 Å². The minimum Gasteiger partial charge on any atom is -0.439 e. The van der Waals surface area contributed by atoms with E-state index in [0.717, 1.165) is 17.2 Å². The first-order chi connectivity index (χ1) is 8.13. The number of aryl methyl sites for hydroxylation is 1. The number of hydrogen-bond donors (Lipinski definition) is 1. The van der Waals surface area contributed by atoms with Crippen LogP contribution in [0, 0.1) is 13.8 Å². The summed E-state index contributed by atoms with van der Waals surface area (Å²) in [6, 6.07) is 6.35. The maximum atomic E-state index is 5.78. The van der Waals surface area contributed by atoms with Crippen LogP contribution in [-0.4, -0.2) is 12.0 Å². The van der Waals surface area contributed by atoms with Crippen LogP contribution in [0.25, 0.3) is 11.3 Å². The molecule has 1 heterocycles. The predicted octanol–water partition coefficient (Wildman–Crippen LogP) is 3.24. The first-order valence-electron chi connectivity index (χ1n) is 5.83.